The van der Waals surface area contributed by atoms with Gasteiger partial charge in [-0.05, 0) is 33.4 Å². The van der Waals surface area contributed by atoms with Crippen LogP contribution in [0.3, 0.4) is 0 Å². The average molecular weight is 434 g/mol. The summed E-state index contributed by atoms with van der Waals surface area (Å²) < 4.78 is 1.45. The summed E-state index contributed by atoms with van der Waals surface area (Å²) in [5, 5.41) is 22.8. The molecule has 0 amide bonds. The van der Waals surface area contributed by atoms with Gasteiger partial charge in [0.1, 0.15) is 5.82 Å². The Balaban J connectivity index is 2.25. The van der Waals surface area contributed by atoms with E-state index in [0.717, 1.165) is 26.7 Å². The van der Waals surface area contributed by atoms with Gasteiger partial charge in [0.2, 0.25) is 0 Å². The molecule has 6 nitrogen and oxygen atoms in total. The first-order valence-electron chi connectivity index (χ1n) is 7.75. The second kappa shape index (κ2) is 9.88. The maximum absolute atomic E-state index is 11.4. The Bertz CT molecular complexity index is 830. The van der Waals surface area contributed by atoms with E-state index in [0.29, 0.717) is 11.0 Å². The molecular formula is C18H20BrN5OS. The molecule has 0 spiro atoms. The molecule has 0 unspecified atom stereocenters. The molecule has 2 aromatic rings. The van der Waals surface area contributed by atoms with Gasteiger partial charge in [-0.1, -0.05) is 12.6 Å². The Morgan fingerprint density at radius 2 is 2.27 bits per heavy atom. The van der Waals surface area contributed by atoms with E-state index in [2.05, 4.69) is 37.9 Å². The summed E-state index contributed by atoms with van der Waals surface area (Å²) >= 11 is 4.88. The van der Waals surface area contributed by atoms with Crippen molar-refractivity contribution in [3.05, 3.63) is 80.6 Å². The largest absolute Gasteiger partial charge is 0.619 e. The van der Waals surface area contributed by atoms with Crippen LogP contribution in [0.2, 0.25) is 0 Å². The van der Waals surface area contributed by atoms with Gasteiger partial charge in [-0.25, -0.2) is 0 Å². The molecule has 0 aromatic carbocycles. The molecule has 0 saturated heterocycles. The van der Waals surface area contributed by atoms with E-state index in [1.807, 2.05) is 36.7 Å². The number of halogens is 1. The first-order valence-corrected chi connectivity index (χ1v) is 9.43. The molecule has 0 atom stereocenters. The predicted molar refractivity (Wildman–Crippen MR) is 111 cm³/mol. The molecule has 0 aliphatic heterocycles. The van der Waals surface area contributed by atoms with E-state index in [9.17, 15) is 5.21 Å². The summed E-state index contributed by atoms with van der Waals surface area (Å²) in [6.45, 7) is 4.23. The van der Waals surface area contributed by atoms with Crippen LogP contribution in [0.5, 0.6) is 0 Å². The van der Waals surface area contributed by atoms with Gasteiger partial charge in [0.25, 0.3) is 0 Å². The molecule has 0 fully saturated rings. The quantitative estimate of drug-likeness (QED) is 0.300. The fourth-order valence-corrected chi connectivity index (χ4v) is 2.89. The lowest BCUT2D eigenvalue weighted by Gasteiger charge is -2.19. The van der Waals surface area contributed by atoms with Crippen molar-refractivity contribution in [3.8, 4) is 0 Å². The third-order valence-electron chi connectivity index (χ3n) is 3.32. The van der Waals surface area contributed by atoms with Gasteiger partial charge < -0.3 is 10.5 Å². The fraction of sp³-hybridized carbons (Fsp3) is 0.167. The number of rotatable bonds is 8. The monoisotopic (exact) mass is 433 g/mol. The molecule has 1 N–H and O–H groups in total. The summed E-state index contributed by atoms with van der Waals surface area (Å²) in [4.78, 5) is 5.43. The van der Waals surface area contributed by atoms with Crippen LogP contribution < -0.4 is 10.0 Å². The van der Waals surface area contributed by atoms with Gasteiger partial charge in [0.05, 0.1) is 16.8 Å². The van der Waals surface area contributed by atoms with Crippen molar-refractivity contribution >= 4 is 39.2 Å². The van der Waals surface area contributed by atoms with Crippen molar-refractivity contribution in [1.29, 1.82) is 0 Å². The zero-order chi connectivity index (χ0) is 18.9. The van der Waals surface area contributed by atoms with Crippen LogP contribution >= 0.6 is 27.3 Å². The zero-order valence-corrected chi connectivity index (χ0v) is 17.0. The topological polar surface area (TPSA) is 66.9 Å². The highest BCUT2D eigenvalue weighted by molar-refractivity contribution is 9.12. The number of aliphatic imine (C=N–C) groups is 1. The van der Waals surface area contributed by atoms with Crippen LogP contribution in [0.1, 0.15) is 10.4 Å². The maximum Gasteiger partial charge on any atom is 0.185 e. The second-order valence-electron chi connectivity index (χ2n) is 5.26. The number of allylic oxidation sites excluding steroid dienone is 2. The van der Waals surface area contributed by atoms with Crippen molar-refractivity contribution < 1.29 is 4.73 Å². The van der Waals surface area contributed by atoms with Gasteiger partial charge in [0.15, 0.2) is 12.4 Å². The number of pyridine rings is 1. The molecule has 0 aliphatic carbocycles. The van der Waals surface area contributed by atoms with Crippen molar-refractivity contribution in [2.24, 2.45) is 10.1 Å². The van der Waals surface area contributed by atoms with Crippen LogP contribution in [0.25, 0.3) is 0 Å². The van der Waals surface area contributed by atoms with E-state index < -0.39 is 0 Å². The number of hydrazone groups is 1. The van der Waals surface area contributed by atoms with E-state index in [1.165, 1.54) is 12.4 Å². The number of hydrogen-bond donors (Lipinski definition) is 1. The van der Waals surface area contributed by atoms with E-state index in [-0.39, 0.29) is 0 Å². The standard InChI is InChI=1S/C18H20BrN5OS/c1-14(19)11-22-23(3)18(10-16(20-2)17-7-5-9-26-17)21-12-15-6-4-8-24(25)13-15/h4-11,13,21H,1,12H2,2-3H3/b18-10-,20-16+,22-11-. The molecule has 2 aromatic heterocycles. The predicted octanol–water partition coefficient (Wildman–Crippen LogP) is 3.26. The first kappa shape index (κ1) is 19.9. The van der Waals surface area contributed by atoms with Gasteiger partial charge >= 0.3 is 0 Å². The SMILES string of the molecule is C=C(Br)/C=N\N(C)/C(=C\C(=N/C)c1cccs1)NCc1ccc[n+]([O-])c1. The molecule has 0 bridgehead atoms. The molecule has 136 valence electrons. The Labute approximate surface area is 165 Å². The normalized spacial score (nSPS) is 12.4. The Morgan fingerprint density at radius 3 is 2.88 bits per heavy atom. The van der Waals surface area contributed by atoms with Crippen LogP contribution in [-0.2, 0) is 6.54 Å². The molecule has 2 rings (SSSR count). The molecule has 0 radical (unpaired) electrons. The zero-order valence-electron chi connectivity index (χ0n) is 14.6. The summed E-state index contributed by atoms with van der Waals surface area (Å²) in [7, 11) is 3.58. The highest BCUT2D eigenvalue weighted by atomic mass is 79.9. The number of nitrogens with one attached hydrogen (secondary N) is 1. The van der Waals surface area contributed by atoms with Gasteiger partial charge in [0, 0.05) is 42.8 Å². The molecule has 8 heteroatoms. The highest BCUT2D eigenvalue weighted by Gasteiger charge is 2.09. The van der Waals surface area contributed by atoms with Crippen molar-refractivity contribution in [3.63, 3.8) is 0 Å². The van der Waals surface area contributed by atoms with Gasteiger partial charge in [-0.15, -0.1) is 11.3 Å². The van der Waals surface area contributed by atoms with Crippen LogP contribution in [0, 0.1) is 5.21 Å². The maximum atomic E-state index is 11.4. The number of thiophene rings is 1. The lowest BCUT2D eigenvalue weighted by molar-refractivity contribution is -0.605. The smallest absolute Gasteiger partial charge is 0.185 e. The molecule has 2 heterocycles. The Morgan fingerprint density at radius 1 is 1.46 bits per heavy atom. The van der Waals surface area contributed by atoms with Crippen molar-refractivity contribution in [2.75, 3.05) is 14.1 Å². The third-order valence-corrected chi connectivity index (χ3v) is 4.41. The lowest BCUT2D eigenvalue weighted by Crippen LogP contribution is -2.29. The summed E-state index contributed by atoms with van der Waals surface area (Å²) in [6.07, 6.45) is 6.52. The molecule has 0 saturated carbocycles. The molecule has 26 heavy (non-hydrogen) atoms. The van der Waals surface area contributed by atoms with Crippen molar-refractivity contribution in [1.82, 2.24) is 10.3 Å². The third kappa shape index (κ3) is 6.12. The summed E-state index contributed by atoms with van der Waals surface area (Å²) in [5.41, 5.74) is 1.70. The molecule has 0 aliphatic rings. The van der Waals surface area contributed by atoms with E-state index in [1.54, 1.807) is 35.7 Å². The van der Waals surface area contributed by atoms with Crippen LogP contribution in [-0.4, -0.2) is 31.0 Å². The Kier molecular flexibility index (Phi) is 7.55. The van der Waals surface area contributed by atoms with Gasteiger partial charge in [-0.2, -0.15) is 9.83 Å². The van der Waals surface area contributed by atoms with Crippen LogP contribution in [0.4, 0.5) is 0 Å². The Hall–Kier alpha value is -2.45. The second-order valence-corrected chi connectivity index (χ2v) is 7.22. The molecular weight excluding hydrogens is 414 g/mol. The van der Waals surface area contributed by atoms with Gasteiger partial charge in [-0.3, -0.25) is 10.0 Å². The summed E-state index contributed by atoms with van der Waals surface area (Å²) in [5.74, 6) is 0.741. The van der Waals surface area contributed by atoms with Crippen molar-refractivity contribution in [2.45, 2.75) is 6.54 Å². The minimum Gasteiger partial charge on any atom is -0.619 e. The highest BCUT2D eigenvalue weighted by Crippen LogP contribution is 2.13. The first-order chi connectivity index (χ1) is 12.5. The fourth-order valence-electron chi connectivity index (χ4n) is 2.07. The summed E-state index contributed by atoms with van der Waals surface area (Å²) in [6, 6.07) is 7.60. The number of aromatic nitrogens is 1. The van der Waals surface area contributed by atoms with Crippen LogP contribution in [0.15, 0.2) is 75.1 Å². The average Bonchev–Trinajstić information content (AvgIpc) is 3.14. The lowest BCUT2D eigenvalue weighted by atomic mass is 10.2. The van der Waals surface area contributed by atoms with E-state index >= 15 is 0 Å². The number of hydrogen-bond acceptors (Lipinski definition) is 6. The van der Waals surface area contributed by atoms with E-state index in [4.69, 9.17) is 0 Å². The minimum atomic E-state index is 0.478. The number of nitrogens with zero attached hydrogens (tertiary/aromatic N) is 4. The minimum absolute atomic E-state index is 0.478.